The third-order valence-corrected chi connectivity index (χ3v) is 2.99. The van der Waals surface area contributed by atoms with E-state index < -0.39 is 0 Å². The molecule has 5 nitrogen and oxygen atoms in total. The number of nitrogens with zero attached hydrogens (tertiary/aromatic N) is 2. The summed E-state index contributed by atoms with van der Waals surface area (Å²) in [6, 6.07) is 2.00. The molecule has 0 aliphatic carbocycles. The molecule has 104 valence electrons. The summed E-state index contributed by atoms with van der Waals surface area (Å²) in [5.41, 5.74) is 1.02. The van der Waals surface area contributed by atoms with Crippen LogP contribution in [0.2, 0.25) is 0 Å². The fourth-order valence-corrected chi connectivity index (χ4v) is 1.84. The van der Waals surface area contributed by atoms with Crippen molar-refractivity contribution >= 4 is 5.96 Å². The van der Waals surface area contributed by atoms with Gasteiger partial charge in [0.15, 0.2) is 11.7 Å². The predicted molar refractivity (Wildman–Crippen MR) is 76.9 cm³/mol. The fourth-order valence-electron chi connectivity index (χ4n) is 1.84. The Balaban J connectivity index is 2.52. The molecule has 0 saturated carbocycles. The van der Waals surface area contributed by atoms with Crippen molar-refractivity contribution in [2.75, 3.05) is 13.6 Å². The van der Waals surface area contributed by atoms with E-state index in [0.717, 1.165) is 24.3 Å². The minimum atomic E-state index is 0.440. The SMILES string of the molecule is C#CCNC(=NC)NCc1cc(C(CC)CC)no1. The van der Waals surface area contributed by atoms with Crippen LogP contribution in [0.1, 0.15) is 44.1 Å². The van der Waals surface area contributed by atoms with Crippen LogP contribution in [-0.4, -0.2) is 24.7 Å². The number of aromatic nitrogens is 1. The first-order chi connectivity index (χ1) is 9.24. The van der Waals surface area contributed by atoms with Gasteiger partial charge in [-0.05, 0) is 12.8 Å². The van der Waals surface area contributed by atoms with Gasteiger partial charge in [-0.15, -0.1) is 6.42 Å². The van der Waals surface area contributed by atoms with E-state index in [-0.39, 0.29) is 0 Å². The molecule has 5 heteroatoms. The number of guanidine groups is 1. The third-order valence-electron chi connectivity index (χ3n) is 2.99. The maximum absolute atomic E-state index is 5.31. The van der Waals surface area contributed by atoms with Gasteiger partial charge in [-0.2, -0.15) is 0 Å². The summed E-state index contributed by atoms with van der Waals surface area (Å²) in [5, 5.41) is 10.2. The monoisotopic (exact) mass is 262 g/mol. The Hall–Kier alpha value is -1.96. The standard InChI is InChI=1S/C14H22N4O/c1-5-8-16-14(15-4)17-10-12-9-13(18-19-12)11(6-2)7-3/h1,9,11H,6-8,10H2,2-4H3,(H2,15,16,17). The molecule has 1 heterocycles. The summed E-state index contributed by atoms with van der Waals surface area (Å²) in [6.07, 6.45) is 7.32. The Morgan fingerprint density at radius 3 is 2.79 bits per heavy atom. The molecule has 1 aromatic rings. The number of rotatable bonds is 6. The minimum Gasteiger partial charge on any atom is -0.359 e. The zero-order valence-electron chi connectivity index (χ0n) is 11.9. The van der Waals surface area contributed by atoms with E-state index in [1.54, 1.807) is 7.05 Å². The fraction of sp³-hybridized carbons (Fsp3) is 0.571. The van der Waals surface area contributed by atoms with Gasteiger partial charge in [-0.3, -0.25) is 4.99 Å². The van der Waals surface area contributed by atoms with E-state index in [0.29, 0.717) is 25.0 Å². The molecule has 0 amide bonds. The molecule has 0 bridgehead atoms. The van der Waals surface area contributed by atoms with Gasteiger partial charge in [0.05, 0.1) is 18.8 Å². The summed E-state index contributed by atoms with van der Waals surface area (Å²) in [4.78, 5) is 4.05. The molecule has 0 unspecified atom stereocenters. The second-order valence-corrected chi connectivity index (χ2v) is 4.21. The molecular formula is C14H22N4O. The summed E-state index contributed by atoms with van der Waals surface area (Å²) >= 11 is 0. The van der Waals surface area contributed by atoms with Crippen LogP contribution < -0.4 is 10.6 Å². The Morgan fingerprint density at radius 1 is 1.47 bits per heavy atom. The Kier molecular flexibility index (Phi) is 6.51. The van der Waals surface area contributed by atoms with E-state index in [4.69, 9.17) is 10.9 Å². The second-order valence-electron chi connectivity index (χ2n) is 4.21. The normalized spacial score (nSPS) is 11.4. The van der Waals surface area contributed by atoms with E-state index in [2.05, 4.69) is 40.6 Å². The Morgan fingerprint density at radius 2 is 2.21 bits per heavy atom. The molecule has 0 spiro atoms. The highest BCUT2D eigenvalue weighted by Crippen LogP contribution is 2.22. The van der Waals surface area contributed by atoms with Gasteiger partial charge >= 0.3 is 0 Å². The maximum Gasteiger partial charge on any atom is 0.192 e. The number of hydrogen-bond donors (Lipinski definition) is 2. The molecule has 0 fully saturated rings. The molecule has 0 atom stereocenters. The molecule has 1 aromatic heterocycles. The zero-order chi connectivity index (χ0) is 14.1. The third kappa shape index (κ3) is 4.66. The summed E-state index contributed by atoms with van der Waals surface area (Å²) in [7, 11) is 1.70. The quantitative estimate of drug-likeness (QED) is 0.467. The minimum absolute atomic E-state index is 0.440. The van der Waals surface area contributed by atoms with Crippen LogP contribution in [0.25, 0.3) is 0 Å². The van der Waals surface area contributed by atoms with Crippen molar-refractivity contribution in [1.29, 1.82) is 0 Å². The number of nitrogens with one attached hydrogen (secondary N) is 2. The van der Waals surface area contributed by atoms with Gasteiger partial charge < -0.3 is 15.2 Å². The van der Waals surface area contributed by atoms with Crippen molar-refractivity contribution in [2.45, 2.75) is 39.2 Å². The van der Waals surface area contributed by atoms with Crippen molar-refractivity contribution in [2.24, 2.45) is 4.99 Å². The van der Waals surface area contributed by atoms with E-state index >= 15 is 0 Å². The lowest BCUT2D eigenvalue weighted by Crippen LogP contribution is -2.36. The number of aliphatic imine (C=N–C) groups is 1. The van der Waals surface area contributed by atoms with Crippen LogP contribution in [0.15, 0.2) is 15.6 Å². The van der Waals surface area contributed by atoms with Crippen molar-refractivity contribution in [3.05, 3.63) is 17.5 Å². The molecular weight excluding hydrogens is 240 g/mol. The summed E-state index contributed by atoms with van der Waals surface area (Å²) in [6.45, 7) is 5.30. The predicted octanol–water partition coefficient (Wildman–Crippen LogP) is 1.88. The first kappa shape index (κ1) is 15.1. The lowest BCUT2D eigenvalue weighted by molar-refractivity contribution is 0.368. The van der Waals surface area contributed by atoms with E-state index in [1.807, 2.05) is 6.07 Å². The maximum atomic E-state index is 5.31. The lowest BCUT2D eigenvalue weighted by Gasteiger charge is -2.07. The van der Waals surface area contributed by atoms with E-state index in [1.165, 1.54) is 0 Å². The average molecular weight is 262 g/mol. The van der Waals surface area contributed by atoms with Gasteiger partial charge in [0.2, 0.25) is 0 Å². The largest absolute Gasteiger partial charge is 0.359 e. The Bertz CT molecular complexity index is 441. The molecule has 0 radical (unpaired) electrons. The van der Waals surface area contributed by atoms with Crippen molar-refractivity contribution in [3.63, 3.8) is 0 Å². The molecule has 0 aliphatic heterocycles. The number of terminal acetylenes is 1. The van der Waals surface area contributed by atoms with Gasteiger partial charge in [-0.25, -0.2) is 0 Å². The zero-order valence-corrected chi connectivity index (χ0v) is 11.9. The molecule has 19 heavy (non-hydrogen) atoms. The average Bonchev–Trinajstić information content (AvgIpc) is 2.89. The molecule has 1 rings (SSSR count). The van der Waals surface area contributed by atoms with Crippen LogP contribution in [0.4, 0.5) is 0 Å². The van der Waals surface area contributed by atoms with Crippen molar-refractivity contribution in [3.8, 4) is 12.3 Å². The van der Waals surface area contributed by atoms with Crippen LogP contribution in [0, 0.1) is 12.3 Å². The first-order valence-electron chi connectivity index (χ1n) is 6.58. The van der Waals surface area contributed by atoms with Gasteiger partial charge in [0.1, 0.15) is 0 Å². The summed E-state index contributed by atoms with van der Waals surface area (Å²) in [5.74, 6) is 4.41. The highest BCUT2D eigenvalue weighted by Gasteiger charge is 2.12. The lowest BCUT2D eigenvalue weighted by atomic mass is 9.99. The van der Waals surface area contributed by atoms with Crippen molar-refractivity contribution in [1.82, 2.24) is 15.8 Å². The van der Waals surface area contributed by atoms with Crippen molar-refractivity contribution < 1.29 is 4.52 Å². The first-order valence-corrected chi connectivity index (χ1v) is 6.58. The van der Waals surface area contributed by atoms with Gasteiger partial charge in [-0.1, -0.05) is 24.9 Å². The van der Waals surface area contributed by atoms with Crippen LogP contribution >= 0.6 is 0 Å². The second kappa shape index (κ2) is 8.20. The van der Waals surface area contributed by atoms with Crippen LogP contribution in [0.3, 0.4) is 0 Å². The van der Waals surface area contributed by atoms with Gasteiger partial charge in [0, 0.05) is 19.0 Å². The highest BCUT2D eigenvalue weighted by atomic mass is 16.5. The smallest absolute Gasteiger partial charge is 0.192 e. The highest BCUT2D eigenvalue weighted by molar-refractivity contribution is 5.79. The molecule has 0 aliphatic rings. The van der Waals surface area contributed by atoms with Crippen LogP contribution in [0.5, 0.6) is 0 Å². The molecule has 0 aromatic carbocycles. The molecule has 2 N–H and O–H groups in total. The van der Waals surface area contributed by atoms with Crippen LogP contribution in [-0.2, 0) is 6.54 Å². The number of hydrogen-bond acceptors (Lipinski definition) is 3. The Labute approximate surface area is 114 Å². The molecule has 0 saturated heterocycles. The van der Waals surface area contributed by atoms with E-state index in [9.17, 15) is 0 Å². The summed E-state index contributed by atoms with van der Waals surface area (Å²) < 4.78 is 5.31. The topological polar surface area (TPSA) is 62.5 Å². The van der Waals surface area contributed by atoms with Gasteiger partial charge in [0.25, 0.3) is 0 Å².